The summed E-state index contributed by atoms with van der Waals surface area (Å²) in [6.45, 7) is 2.44. The third-order valence-electron chi connectivity index (χ3n) is 2.10. The van der Waals surface area contributed by atoms with Crippen LogP contribution in [0.4, 0.5) is 8.78 Å². The molecule has 1 heterocycles. The van der Waals surface area contributed by atoms with Crippen molar-refractivity contribution in [3.8, 4) is 0 Å². The van der Waals surface area contributed by atoms with E-state index in [2.05, 4.69) is 4.90 Å². The van der Waals surface area contributed by atoms with E-state index in [1.165, 1.54) is 0 Å². The van der Waals surface area contributed by atoms with E-state index in [1.54, 1.807) is 0 Å². The lowest BCUT2D eigenvalue weighted by Crippen LogP contribution is -2.29. The van der Waals surface area contributed by atoms with Crippen LogP contribution in [0, 0.1) is 0 Å². The Morgan fingerprint density at radius 1 is 1.54 bits per heavy atom. The fourth-order valence-corrected chi connectivity index (χ4v) is 1.43. The molecule has 0 saturated carbocycles. The van der Waals surface area contributed by atoms with Gasteiger partial charge in [0, 0.05) is 19.1 Å². The van der Waals surface area contributed by atoms with Crippen LogP contribution >= 0.6 is 0 Å². The Labute approximate surface area is 76.8 Å². The lowest BCUT2D eigenvalue weighted by molar-refractivity contribution is 0.0114. The molecule has 0 aromatic carbocycles. The number of nitrogens with two attached hydrogens (primary N) is 1. The van der Waals surface area contributed by atoms with Gasteiger partial charge in [-0.1, -0.05) is 0 Å². The number of ether oxygens (including phenoxy) is 1. The average molecular weight is 194 g/mol. The number of hydrogen-bond donors (Lipinski definition) is 1. The van der Waals surface area contributed by atoms with Crippen LogP contribution in [0.5, 0.6) is 0 Å². The number of rotatable bonds is 5. The topological polar surface area (TPSA) is 38.5 Å². The third kappa shape index (κ3) is 4.50. The molecule has 1 unspecified atom stereocenters. The summed E-state index contributed by atoms with van der Waals surface area (Å²) in [6.07, 6.45) is -1.37. The van der Waals surface area contributed by atoms with Crippen molar-refractivity contribution in [1.82, 2.24) is 4.90 Å². The van der Waals surface area contributed by atoms with Crippen LogP contribution in [0.3, 0.4) is 0 Å². The highest BCUT2D eigenvalue weighted by atomic mass is 19.3. The molecule has 3 nitrogen and oxygen atoms in total. The van der Waals surface area contributed by atoms with E-state index in [1.807, 2.05) is 0 Å². The normalized spacial score (nSPS) is 24.5. The van der Waals surface area contributed by atoms with Crippen molar-refractivity contribution < 1.29 is 13.5 Å². The molecule has 2 N–H and O–H groups in total. The lowest BCUT2D eigenvalue weighted by atomic mass is 10.3. The van der Waals surface area contributed by atoms with Gasteiger partial charge in [-0.05, 0) is 13.0 Å². The largest absolute Gasteiger partial charge is 0.374 e. The zero-order valence-corrected chi connectivity index (χ0v) is 7.59. The number of hydrogen-bond acceptors (Lipinski definition) is 3. The molecule has 0 bridgehead atoms. The Hall–Kier alpha value is -0.260. The van der Waals surface area contributed by atoms with E-state index >= 15 is 0 Å². The molecule has 13 heavy (non-hydrogen) atoms. The maximum Gasteiger partial charge on any atom is 0.261 e. The first kappa shape index (κ1) is 10.8. The van der Waals surface area contributed by atoms with Crippen molar-refractivity contribution in [2.75, 3.05) is 32.8 Å². The van der Waals surface area contributed by atoms with Gasteiger partial charge in [-0.15, -0.1) is 0 Å². The summed E-state index contributed by atoms with van der Waals surface area (Å²) in [7, 11) is 0. The fraction of sp³-hybridized carbons (Fsp3) is 1.00. The predicted molar refractivity (Wildman–Crippen MR) is 45.9 cm³/mol. The Morgan fingerprint density at radius 2 is 2.31 bits per heavy atom. The summed E-state index contributed by atoms with van der Waals surface area (Å²) >= 11 is 0. The second kappa shape index (κ2) is 5.47. The molecular weight excluding hydrogens is 178 g/mol. The molecule has 78 valence electrons. The molecule has 1 saturated heterocycles. The number of alkyl halides is 2. The van der Waals surface area contributed by atoms with Crippen molar-refractivity contribution in [2.45, 2.75) is 18.9 Å². The Kier molecular flexibility index (Phi) is 4.55. The zero-order valence-electron chi connectivity index (χ0n) is 7.59. The van der Waals surface area contributed by atoms with E-state index in [9.17, 15) is 8.78 Å². The fourth-order valence-electron chi connectivity index (χ4n) is 1.43. The van der Waals surface area contributed by atoms with Gasteiger partial charge in [0.2, 0.25) is 0 Å². The first-order valence-electron chi connectivity index (χ1n) is 4.52. The summed E-state index contributed by atoms with van der Waals surface area (Å²) in [5.74, 6) is 0. The highest BCUT2D eigenvalue weighted by Crippen LogP contribution is 2.05. The summed E-state index contributed by atoms with van der Waals surface area (Å²) < 4.78 is 28.0. The zero-order chi connectivity index (χ0) is 9.68. The standard InChI is InChI=1S/C8H16F2N2O/c9-8(10)6-13-4-3-12-2-1-7(11)5-12/h7-8H,1-6,11H2. The van der Waals surface area contributed by atoms with Gasteiger partial charge in [0.15, 0.2) is 0 Å². The Balaban J connectivity index is 1.94. The van der Waals surface area contributed by atoms with Crippen LogP contribution in [0.25, 0.3) is 0 Å². The van der Waals surface area contributed by atoms with Crippen LogP contribution in [0.1, 0.15) is 6.42 Å². The number of halogens is 2. The molecule has 0 amide bonds. The lowest BCUT2D eigenvalue weighted by Gasteiger charge is -2.14. The summed E-state index contributed by atoms with van der Waals surface area (Å²) in [6, 6.07) is 0.245. The molecule has 5 heteroatoms. The maximum absolute atomic E-state index is 11.6. The van der Waals surface area contributed by atoms with Gasteiger partial charge in [0.05, 0.1) is 6.61 Å². The van der Waals surface area contributed by atoms with Gasteiger partial charge in [0.25, 0.3) is 6.43 Å². The second-order valence-corrected chi connectivity index (χ2v) is 3.32. The van der Waals surface area contributed by atoms with E-state index in [0.29, 0.717) is 13.2 Å². The molecule has 0 aromatic rings. The van der Waals surface area contributed by atoms with Crippen molar-refractivity contribution in [3.05, 3.63) is 0 Å². The van der Waals surface area contributed by atoms with Gasteiger partial charge in [0.1, 0.15) is 6.61 Å². The molecule has 0 aliphatic carbocycles. The van der Waals surface area contributed by atoms with E-state index < -0.39 is 13.0 Å². The summed E-state index contributed by atoms with van der Waals surface area (Å²) in [4.78, 5) is 2.14. The summed E-state index contributed by atoms with van der Waals surface area (Å²) in [5.41, 5.74) is 5.68. The minimum absolute atomic E-state index is 0.245. The van der Waals surface area contributed by atoms with Crippen molar-refractivity contribution in [1.29, 1.82) is 0 Å². The molecule has 0 spiro atoms. The monoisotopic (exact) mass is 194 g/mol. The molecular formula is C8H16F2N2O. The first-order valence-corrected chi connectivity index (χ1v) is 4.52. The van der Waals surface area contributed by atoms with Gasteiger partial charge in [-0.3, -0.25) is 4.90 Å². The van der Waals surface area contributed by atoms with Crippen LogP contribution < -0.4 is 5.73 Å². The van der Waals surface area contributed by atoms with Crippen LogP contribution in [-0.2, 0) is 4.74 Å². The molecule has 1 atom stereocenters. The van der Waals surface area contributed by atoms with Gasteiger partial charge >= 0.3 is 0 Å². The van der Waals surface area contributed by atoms with Crippen LogP contribution in [-0.4, -0.2) is 50.2 Å². The SMILES string of the molecule is NC1CCN(CCOCC(F)F)C1. The molecule has 0 radical (unpaired) electrons. The predicted octanol–water partition coefficient (Wildman–Crippen LogP) is 0.301. The molecule has 1 fully saturated rings. The molecule has 1 rings (SSSR count). The average Bonchev–Trinajstić information content (AvgIpc) is 2.45. The smallest absolute Gasteiger partial charge is 0.261 e. The highest BCUT2D eigenvalue weighted by Gasteiger charge is 2.18. The second-order valence-electron chi connectivity index (χ2n) is 3.32. The van der Waals surface area contributed by atoms with Gasteiger partial charge < -0.3 is 10.5 Å². The number of likely N-dealkylation sites (tertiary alicyclic amines) is 1. The van der Waals surface area contributed by atoms with Crippen molar-refractivity contribution in [2.24, 2.45) is 5.73 Å². The Morgan fingerprint density at radius 3 is 2.85 bits per heavy atom. The van der Waals surface area contributed by atoms with Gasteiger partial charge in [-0.2, -0.15) is 0 Å². The van der Waals surface area contributed by atoms with Gasteiger partial charge in [-0.25, -0.2) is 8.78 Å². The highest BCUT2D eigenvalue weighted by molar-refractivity contribution is 4.77. The number of nitrogens with zero attached hydrogens (tertiary/aromatic N) is 1. The van der Waals surface area contributed by atoms with E-state index in [-0.39, 0.29) is 6.04 Å². The molecule has 0 aromatic heterocycles. The van der Waals surface area contributed by atoms with Crippen LogP contribution in [0.15, 0.2) is 0 Å². The summed E-state index contributed by atoms with van der Waals surface area (Å²) in [5, 5.41) is 0. The van der Waals surface area contributed by atoms with E-state index in [0.717, 1.165) is 19.5 Å². The molecule has 1 aliphatic rings. The third-order valence-corrected chi connectivity index (χ3v) is 2.10. The van der Waals surface area contributed by atoms with Crippen molar-refractivity contribution in [3.63, 3.8) is 0 Å². The minimum atomic E-state index is -2.36. The Bertz CT molecular complexity index is 146. The quantitative estimate of drug-likeness (QED) is 0.640. The van der Waals surface area contributed by atoms with Crippen LogP contribution in [0.2, 0.25) is 0 Å². The first-order chi connectivity index (χ1) is 6.18. The minimum Gasteiger partial charge on any atom is -0.374 e. The van der Waals surface area contributed by atoms with Crippen molar-refractivity contribution >= 4 is 0 Å². The maximum atomic E-state index is 11.6. The molecule has 1 aliphatic heterocycles. The van der Waals surface area contributed by atoms with E-state index in [4.69, 9.17) is 10.5 Å².